The second kappa shape index (κ2) is 7.45. The van der Waals surface area contributed by atoms with Crippen molar-refractivity contribution in [1.29, 1.82) is 0 Å². The van der Waals surface area contributed by atoms with E-state index in [9.17, 15) is 9.59 Å². The fourth-order valence-electron chi connectivity index (χ4n) is 6.81. The Labute approximate surface area is 173 Å². The van der Waals surface area contributed by atoms with E-state index in [0.29, 0.717) is 11.8 Å². The van der Waals surface area contributed by atoms with Crippen LogP contribution < -0.4 is 0 Å². The van der Waals surface area contributed by atoms with Crippen molar-refractivity contribution in [2.45, 2.75) is 82.3 Å². The highest BCUT2D eigenvalue weighted by Gasteiger charge is 2.49. The first-order valence-electron chi connectivity index (χ1n) is 11.6. The Morgan fingerprint density at radius 3 is 2.50 bits per heavy atom. The van der Waals surface area contributed by atoms with E-state index < -0.39 is 4.75 Å². The molecule has 5 aliphatic rings. The summed E-state index contributed by atoms with van der Waals surface area (Å²) in [6.07, 6.45) is 13.1. The van der Waals surface area contributed by atoms with Crippen molar-refractivity contribution in [2.75, 3.05) is 13.1 Å². The minimum atomic E-state index is -0.393. The zero-order chi connectivity index (χ0) is 19.3. The number of rotatable bonds is 4. The van der Waals surface area contributed by atoms with Gasteiger partial charge >= 0.3 is 0 Å². The van der Waals surface area contributed by atoms with Crippen LogP contribution in [-0.4, -0.2) is 39.6 Å². The highest BCUT2D eigenvalue weighted by atomic mass is 32.2. The molecule has 5 rings (SSSR count). The van der Waals surface area contributed by atoms with Crippen molar-refractivity contribution in [3.05, 3.63) is 0 Å². The van der Waals surface area contributed by atoms with E-state index in [2.05, 4.69) is 16.8 Å². The van der Waals surface area contributed by atoms with E-state index in [-0.39, 0.29) is 11.8 Å². The first kappa shape index (κ1) is 19.1. The van der Waals surface area contributed by atoms with Crippen LogP contribution in [0.5, 0.6) is 0 Å². The van der Waals surface area contributed by atoms with Gasteiger partial charge in [-0.05, 0) is 82.0 Å². The molecule has 3 saturated carbocycles. The molecule has 2 aliphatic heterocycles. The fourth-order valence-corrected chi connectivity index (χ4v) is 8.26. The van der Waals surface area contributed by atoms with Gasteiger partial charge in [0.25, 0.3) is 5.91 Å². The largest absolute Gasteiger partial charge is 0.342 e. The summed E-state index contributed by atoms with van der Waals surface area (Å²) >= 11 is 1.77. The Balaban J connectivity index is 1.16. The normalized spacial score (nSPS) is 39.2. The Kier molecular flexibility index (Phi) is 5.09. The summed E-state index contributed by atoms with van der Waals surface area (Å²) < 4.78 is -0.393. The molecule has 0 aromatic heterocycles. The molecule has 3 aliphatic carbocycles. The molecule has 2 bridgehead atoms. The summed E-state index contributed by atoms with van der Waals surface area (Å²) in [5.74, 6) is 3.69. The number of amides is 2. The molecule has 0 aromatic rings. The number of nitrogens with zero attached hydrogens (tertiary/aromatic N) is 2. The standard InChI is InChI=1S/C23H34N2O2S/c1-23(19-8-10-25(11-9-19)21(26)16-4-2-3-5-16)22(27)24-20(28-23)14-18-13-15-6-7-17(18)12-15/h15-19H,2-14H2,1H3/t15-,17+,18-,23?/m1/s1. The van der Waals surface area contributed by atoms with Crippen molar-refractivity contribution in [2.24, 2.45) is 34.6 Å². The molecule has 4 fully saturated rings. The Morgan fingerprint density at radius 1 is 1.11 bits per heavy atom. The first-order valence-corrected chi connectivity index (χ1v) is 12.4. The maximum atomic E-state index is 12.9. The predicted molar refractivity (Wildman–Crippen MR) is 113 cm³/mol. The fraction of sp³-hybridized carbons (Fsp3) is 0.870. The molecule has 2 heterocycles. The van der Waals surface area contributed by atoms with Crippen LogP contribution in [0, 0.1) is 29.6 Å². The van der Waals surface area contributed by atoms with E-state index in [1.54, 1.807) is 11.8 Å². The average Bonchev–Trinajstić information content (AvgIpc) is 3.48. The van der Waals surface area contributed by atoms with Crippen molar-refractivity contribution in [3.63, 3.8) is 0 Å². The minimum absolute atomic E-state index is 0.0937. The maximum absolute atomic E-state index is 12.9. The first-order chi connectivity index (χ1) is 13.5. The van der Waals surface area contributed by atoms with Gasteiger partial charge in [-0.15, -0.1) is 0 Å². The molecule has 4 nitrogen and oxygen atoms in total. The number of hydrogen-bond acceptors (Lipinski definition) is 3. The Bertz CT molecular complexity index is 678. The summed E-state index contributed by atoms with van der Waals surface area (Å²) in [7, 11) is 0. The topological polar surface area (TPSA) is 49.7 Å². The average molecular weight is 403 g/mol. The van der Waals surface area contributed by atoms with Crippen LogP contribution >= 0.6 is 11.8 Å². The number of carbonyl (C=O) groups excluding carboxylic acids is 2. The third kappa shape index (κ3) is 3.36. The SMILES string of the molecule is CC1(C2CCN(C(=O)C3CCCC3)CC2)SC(C[C@H]2C[C@@H]3CC[C@H]2C3)=NC1=O. The minimum Gasteiger partial charge on any atom is -0.342 e. The summed E-state index contributed by atoms with van der Waals surface area (Å²) in [6.45, 7) is 3.77. The molecular formula is C23H34N2O2S. The van der Waals surface area contributed by atoms with Crippen molar-refractivity contribution >= 4 is 28.6 Å². The molecule has 0 radical (unpaired) electrons. The van der Waals surface area contributed by atoms with Crippen molar-refractivity contribution in [3.8, 4) is 0 Å². The van der Waals surface area contributed by atoms with Gasteiger partial charge in [0.05, 0.1) is 5.04 Å². The van der Waals surface area contributed by atoms with Gasteiger partial charge in [0.2, 0.25) is 5.91 Å². The summed E-state index contributed by atoms with van der Waals surface area (Å²) in [5.41, 5.74) is 0. The molecule has 1 unspecified atom stereocenters. The Hall–Kier alpha value is -0.840. The van der Waals surface area contributed by atoms with Crippen molar-refractivity contribution < 1.29 is 9.59 Å². The second-order valence-corrected chi connectivity index (χ2v) is 11.8. The van der Waals surface area contributed by atoms with E-state index in [0.717, 1.165) is 68.0 Å². The van der Waals surface area contributed by atoms with Crippen LogP contribution in [0.25, 0.3) is 0 Å². The highest BCUT2D eigenvalue weighted by Crippen LogP contribution is 2.52. The molecule has 0 spiro atoms. The van der Waals surface area contributed by atoms with Crippen LogP contribution in [0.2, 0.25) is 0 Å². The van der Waals surface area contributed by atoms with Gasteiger partial charge < -0.3 is 4.90 Å². The van der Waals surface area contributed by atoms with E-state index in [1.165, 1.54) is 38.5 Å². The van der Waals surface area contributed by atoms with E-state index >= 15 is 0 Å². The van der Waals surface area contributed by atoms with Crippen molar-refractivity contribution in [1.82, 2.24) is 4.90 Å². The van der Waals surface area contributed by atoms with E-state index in [1.807, 2.05) is 0 Å². The van der Waals surface area contributed by atoms with Crippen LogP contribution in [0.1, 0.15) is 77.6 Å². The molecule has 0 N–H and O–H groups in total. The number of likely N-dealkylation sites (tertiary alicyclic amines) is 1. The summed E-state index contributed by atoms with van der Waals surface area (Å²) in [5, 5.41) is 1.11. The lowest BCUT2D eigenvalue weighted by molar-refractivity contribution is -0.137. The van der Waals surface area contributed by atoms with Crippen LogP contribution in [0.15, 0.2) is 4.99 Å². The van der Waals surface area contributed by atoms with Crippen LogP contribution in [0.3, 0.4) is 0 Å². The van der Waals surface area contributed by atoms with E-state index in [4.69, 9.17) is 0 Å². The maximum Gasteiger partial charge on any atom is 0.263 e. The lowest BCUT2D eigenvalue weighted by atomic mass is 9.83. The van der Waals surface area contributed by atoms with Gasteiger partial charge in [-0.25, -0.2) is 4.99 Å². The number of hydrogen-bond donors (Lipinski definition) is 0. The molecule has 154 valence electrons. The number of aliphatic imine (C=N–C) groups is 1. The molecular weight excluding hydrogens is 368 g/mol. The van der Waals surface area contributed by atoms with Gasteiger partial charge in [0, 0.05) is 19.0 Å². The molecule has 4 atom stereocenters. The van der Waals surface area contributed by atoms with Crippen LogP contribution in [-0.2, 0) is 9.59 Å². The van der Waals surface area contributed by atoms with Gasteiger partial charge in [-0.1, -0.05) is 31.0 Å². The third-order valence-corrected chi connectivity index (χ3v) is 10.0. The number of piperidine rings is 1. The van der Waals surface area contributed by atoms with Gasteiger partial charge in [-0.2, -0.15) is 0 Å². The highest BCUT2D eigenvalue weighted by molar-refractivity contribution is 8.16. The molecule has 2 amide bonds. The quantitative estimate of drug-likeness (QED) is 0.686. The monoisotopic (exact) mass is 402 g/mol. The van der Waals surface area contributed by atoms with Gasteiger partial charge in [-0.3, -0.25) is 9.59 Å². The molecule has 0 aromatic carbocycles. The molecule has 1 saturated heterocycles. The number of fused-ring (bicyclic) bond motifs is 2. The predicted octanol–water partition coefficient (Wildman–Crippen LogP) is 4.67. The van der Waals surface area contributed by atoms with Crippen LogP contribution in [0.4, 0.5) is 0 Å². The summed E-state index contributed by atoms with van der Waals surface area (Å²) in [4.78, 5) is 32.2. The zero-order valence-electron chi connectivity index (χ0n) is 17.2. The zero-order valence-corrected chi connectivity index (χ0v) is 18.0. The molecule has 5 heteroatoms. The Morgan fingerprint density at radius 2 is 1.86 bits per heavy atom. The smallest absolute Gasteiger partial charge is 0.263 e. The van der Waals surface area contributed by atoms with Gasteiger partial charge in [0.1, 0.15) is 4.75 Å². The van der Waals surface area contributed by atoms with Gasteiger partial charge in [0.15, 0.2) is 0 Å². The second-order valence-electron chi connectivity index (χ2n) is 10.2. The molecule has 28 heavy (non-hydrogen) atoms. The third-order valence-electron chi connectivity index (χ3n) is 8.59. The summed E-state index contributed by atoms with van der Waals surface area (Å²) in [6, 6.07) is 0. The lowest BCUT2D eigenvalue weighted by Gasteiger charge is -2.39. The number of thioether (sulfide) groups is 1. The lowest BCUT2D eigenvalue weighted by Crippen LogP contribution is -2.47. The number of carbonyl (C=O) groups is 2.